The highest BCUT2D eigenvalue weighted by Crippen LogP contribution is 2.50. The third-order valence-corrected chi connectivity index (χ3v) is 5.71. The number of nitrogens with zero attached hydrogens (tertiary/aromatic N) is 1. The van der Waals surface area contributed by atoms with Gasteiger partial charge in [0.1, 0.15) is 5.75 Å². The lowest BCUT2D eigenvalue weighted by Crippen LogP contribution is -2.49. The van der Waals surface area contributed by atoms with Crippen LogP contribution in [-0.2, 0) is 9.59 Å². The molecule has 3 aliphatic rings. The van der Waals surface area contributed by atoms with Crippen molar-refractivity contribution in [2.45, 2.75) is 38.2 Å². The molecule has 4 rings (SSSR count). The fraction of sp³-hybridized carbons (Fsp3) is 0.556. The van der Waals surface area contributed by atoms with Crippen LogP contribution in [0.25, 0.3) is 0 Å². The van der Waals surface area contributed by atoms with Crippen LogP contribution in [-0.4, -0.2) is 24.5 Å². The maximum atomic E-state index is 12.9. The average Bonchev–Trinajstić information content (AvgIpc) is 3.16. The summed E-state index contributed by atoms with van der Waals surface area (Å²) in [6.07, 6.45) is 4.88. The van der Waals surface area contributed by atoms with Crippen LogP contribution in [0.2, 0.25) is 0 Å². The van der Waals surface area contributed by atoms with Crippen LogP contribution in [0.4, 0.5) is 5.69 Å². The highest BCUT2D eigenvalue weighted by Gasteiger charge is 2.41. The molecule has 0 radical (unpaired) electrons. The van der Waals surface area contributed by atoms with Crippen molar-refractivity contribution in [3.63, 3.8) is 0 Å². The van der Waals surface area contributed by atoms with Crippen LogP contribution in [0.5, 0.6) is 5.75 Å². The second-order valence-electron chi connectivity index (χ2n) is 7.12. The topological polar surface area (TPSA) is 72.6 Å². The van der Waals surface area contributed by atoms with Gasteiger partial charge in [0.2, 0.25) is 5.91 Å². The number of ether oxygens (including phenoxy) is 1. The molecule has 2 saturated carbocycles. The lowest BCUT2D eigenvalue weighted by molar-refractivity contribution is -0.125. The minimum absolute atomic E-state index is 0.0875. The zero-order valence-electron chi connectivity index (χ0n) is 13.1. The Bertz CT molecular complexity index is 645. The van der Waals surface area contributed by atoms with E-state index in [2.05, 4.69) is 0 Å². The van der Waals surface area contributed by atoms with Crippen LogP contribution in [0, 0.1) is 17.8 Å². The number of fused-ring (bicyclic) bond motifs is 3. The summed E-state index contributed by atoms with van der Waals surface area (Å²) in [7, 11) is 0. The van der Waals surface area contributed by atoms with Crippen molar-refractivity contribution in [3.8, 4) is 5.75 Å². The van der Waals surface area contributed by atoms with E-state index in [1.54, 1.807) is 11.0 Å². The molecule has 122 valence electrons. The van der Waals surface area contributed by atoms with Gasteiger partial charge in [-0.15, -0.1) is 0 Å². The first-order valence-corrected chi connectivity index (χ1v) is 8.47. The highest BCUT2D eigenvalue weighted by molar-refractivity contribution is 5.97. The van der Waals surface area contributed by atoms with Crippen molar-refractivity contribution in [3.05, 3.63) is 24.3 Å². The summed E-state index contributed by atoms with van der Waals surface area (Å²) in [6, 6.07) is 7.36. The second kappa shape index (κ2) is 5.55. The van der Waals surface area contributed by atoms with Gasteiger partial charge in [0.25, 0.3) is 5.91 Å². The first-order chi connectivity index (χ1) is 11.1. The maximum absolute atomic E-state index is 12.9. The quantitative estimate of drug-likeness (QED) is 0.928. The molecule has 4 unspecified atom stereocenters. The minimum Gasteiger partial charge on any atom is -0.477 e. The number of carbonyl (C=O) groups is 2. The van der Waals surface area contributed by atoms with E-state index in [-0.39, 0.29) is 12.5 Å². The van der Waals surface area contributed by atoms with Crippen molar-refractivity contribution >= 4 is 17.5 Å². The molecule has 0 spiro atoms. The lowest BCUT2D eigenvalue weighted by atomic mass is 9.86. The Labute approximate surface area is 135 Å². The maximum Gasteiger partial charge on any atom is 0.260 e. The molecule has 1 aromatic carbocycles. The third-order valence-electron chi connectivity index (χ3n) is 5.71. The van der Waals surface area contributed by atoms with Gasteiger partial charge in [0.15, 0.2) is 6.10 Å². The number of rotatable bonds is 3. The fourth-order valence-electron chi connectivity index (χ4n) is 4.58. The monoisotopic (exact) mass is 314 g/mol. The molecule has 5 nitrogen and oxygen atoms in total. The molecule has 4 atom stereocenters. The van der Waals surface area contributed by atoms with Crippen molar-refractivity contribution < 1.29 is 14.3 Å². The van der Waals surface area contributed by atoms with Crippen molar-refractivity contribution in [2.24, 2.45) is 23.5 Å². The average molecular weight is 314 g/mol. The standard InChI is InChI=1S/C18H22N2O3/c19-18(22)16-10-20(14-3-1-2-4-15(14)23-16)17(21)9-13-8-11-5-6-12(13)7-11/h1-4,11-13,16H,5-10H2,(H2,19,22). The molecule has 0 aromatic heterocycles. The van der Waals surface area contributed by atoms with Crippen molar-refractivity contribution in [1.82, 2.24) is 0 Å². The SMILES string of the molecule is NC(=O)C1CN(C(=O)CC2CC3CCC2C3)c2ccccc2O1. The van der Waals surface area contributed by atoms with Gasteiger partial charge in [-0.25, -0.2) is 0 Å². The molecular formula is C18H22N2O3. The minimum atomic E-state index is -0.770. The molecule has 2 aliphatic carbocycles. The largest absolute Gasteiger partial charge is 0.477 e. The Morgan fingerprint density at radius 2 is 2.04 bits per heavy atom. The van der Waals surface area contributed by atoms with Gasteiger partial charge in [-0.05, 0) is 49.1 Å². The van der Waals surface area contributed by atoms with Crippen LogP contribution in [0.3, 0.4) is 0 Å². The smallest absolute Gasteiger partial charge is 0.260 e. The number of hydrogen-bond acceptors (Lipinski definition) is 3. The molecule has 1 aliphatic heterocycles. The fourth-order valence-corrected chi connectivity index (χ4v) is 4.58. The molecule has 5 heteroatoms. The van der Waals surface area contributed by atoms with Crippen molar-refractivity contribution in [1.29, 1.82) is 0 Å². The van der Waals surface area contributed by atoms with Crippen LogP contribution >= 0.6 is 0 Å². The number of carbonyl (C=O) groups excluding carboxylic acids is 2. The van der Waals surface area contributed by atoms with Gasteiger partial charge in [0.05, 0.1) is 12.2 Å². The van der Waals surface area contributed by atoms with Gasteiger partial charge in [-0.2, -0.15) is 0 Å². The first kappa shape index (κ1) is 14.5. The van der Waals surface area contributed by atoms with E-state index in [0.29, 0.717) is 24.0 Å². The van der Waals surface area contributed by atoms with Crippen LogP contribution < -0.4 is 15.4 Å². The van der Waals surface area contributed by atoms with Gasteiger partial charge in [0, 0.05) is 6.42 Å². The summed E-state index contributed by atoms with van der Waals surface area (Å²) in [5, 5.41) is 0. The van der Waals surface area contributed by atoms with E-state index in [9.17, 15) is 9.59 Å². The summed E-state index contributed by atoms with van der Waals surface area (Å²) in [5.41, 5.74) is 6.15. The Balaban J connectivity index is 1.54. The Hall–Kier alpha value is -2.04. The van der Waals surface area contributed by atoms with Gasteiger partial charge >= 0.3 is 0 Å². The van der Waals surface area contributed by atoms with E-state index >= 15 is 0 Å². The molecule has 1 aromatic rings. The molecule has 2 amide bonds. The summed E-state index contributed by atoms with van der Waals surface area (Å²) < 4.78 is 5.62. The van der Waals surface area contributed by atoms with Gasteiger partial charge in [-0.3, -0.25) is 9.59 Å². The molecule has 1 heterocycles. The van der Waals surface area contributed by atoms with E-state index in [1.807, 2.05) is 18.2 Å². The van der Waals surface area contributed by atoms with Crippen LogP contribution in [0.15, 0.2) is 24.3 Å². The molecule has 23 heavy (non-hydrogen) atoms. The molecule has 2 bridgehead atoms. The Kier molecular flexibility index (Phi) is 3.51. The number of amides is 2. The summed E-state index contributed by atoms with van der Waals surface area (Å²) in [4.78, 5) is 26.1. The van der Waals surface area contributed by atoms with E-state index in [4.69, 9.17) is 10.5 Å². The lowest BCUT2D eigenvalue weighted by Gasteiger charge is -2.34. The number of anilines is 1. The predicted octanol–water partition coefficient (Wildman–Crippen LogP) is 2.09. The van der Waals surface area contributed by atoms with E-state index in [0.717, 1.165) is 11.6 Å². The summed E-state index contributed by atoms with van der Waals surface area (Å²) in [6.45, 7) is 0.214. The second-order valence-corrected chi connectivity index (χ2v) is 7.12. The Morgan fingerprint density at radius 3 is 2.74 bits per heavy atom. The highest BCUT2D eigenvalue weighted by atomic mass is 16.5. The first-order valence-electron chi connectivity index (χ1n) is 8.47. The molecule has 2 fully saturated rings. The zero-order chi connectivity index (χ0) is 16.0. The zero-order valence-corrected chi connectivity index (χ0v) is 13.1. The predicted molar refractivity (Wildman–Crippen MR) is 86.0 cm³/mol. The number of benzene rings is 1. The Morgan fingerprint density at radius 1 is 1.22 bits per heavy atom. The normalized spacial score (nSPS) is 31.6. The van der Waals surface area contributed by atoms with E-state index < -0.39 is 12.0 Å². The van der Waals surface area contributed by atoms with E-state index in [1.165, 1.54) is 25.7 Å². The summed E-state index contributed by atoms with van der Waals surface area (Å²) in [5.74, 6) is 2.16. The molecule has 2 N–H and O–H groups in total. The molecule has 0 saturated heterocycles. The summed E-state index contributed by atoms with van der Waals surface area (Å²) >= 11 is 0. The van der Waals surface area contributed by atoms with Gasteiger partial charge in [-0.1, -0.05) is 18.6 Å². The van der Waals surface area contributed by atoms with Gasteiger partial charge < -0.3 is 15.4 Å². The third kappa shape index (κ3) is 2.58. The van der Waals surface area contributed by atoms with Crippen LogP contribution in [0.1, 0.15) is 32.1 Å². The number of para-hydroxylation sites is 2. The number of nitrogens with two attached hydrogens (primary N) is 1. The number of hydrogen-bond donors (Lipinski definition) is 1. The molecular weight excluding hydrogens is 292 g/mol. The number of primary amides is 1. The van der Waals surface area contributed by atoms with Crippen molar-refractivity contribution in [2.75, 3.05) is 11.4 Å².